The summed E-state index contributed by atoms with van der Waals surface area (Å²) in [5.74, 6) is -0.473. The van der Waals surface area contributed by atoms with E-state index in [0.29, 0.717) is 19.3 Å². The van der Waals surface area contributed by atoms with Crippen LogP contribution < -0.4 is 5.32 Å². The molecule has 320 valence electrons. The van der Waals surface area contributed by atoms with Crippen LogP contribution in [0.15, 0.2) is 12.2 Å². The number of unbranched alkanes of at least 4 members (excludes halogenated alkanes) is 29. The second-order valence-corrected chi connectivity index (χ2v) is 16.5. The number of aliphatic hydroxyl groups is 2. The maximum Gasteiger partial charge on any atom is 0.306 e. The van der Waals surface area contributed by atoms with Gasteiger partial charge in [-0.25, -0.2) is 0 Å². The molecule has 0 saturated heterocycles. The lowest BCUT2D eigenvalue weighted by Gasteiger charge is -2.24. The van der Waals surface area contributed by atoms with E-state index in [0.717, 1.165) is 51.4 Å². The van der Waals surface area contributed by atoms with Crippen LogP contribution in [0.2, 0.25) is 0 Å². The fraction of sp³-hybridized carbons (Fsp3) is 0.917. The third-order valence-corrected chi connectivity index (χ3v) is 11.1. The van der Waals surface area contributed by atoms with Crippen molar-refractivity contribution in [2.45, 2.75) is 277 Å². The van der Waals surface area contributed by atoms with Crippen molar-refractivity contribution in [3.8, 4) is 0 Å². The number of hydrogen-bond donors (Lipinski definition) is 3. The molecule has 6 nitrogen and oxygen atoms in total. The molecule has 3 N–H and O–H groups in total. The molecule has 0 rings (SSSR count). The number of rotatable bonds is 43. The van der Waals surface area contributed by atoms with Gasteiger partial charge in [0, 0.05) is 6.42 Å². The molecule has 0 radical (unpaired) electrons. The first-order chi connectivity index (χ1) is 26.5. The number of esters is 1. The molecule has 54 heavy (non-hydrogen) atoms. The molecular weight excluding hydrogens is 671 g/mol. The average Bonchev–Trinajstić information content (AvgIpc) is 3.16. The van der Waals surface area contributed by atoms with Crippen LogP contribution >= 0.6 is 0 Å². The zero-order valence-corrected chi connectivity index (χ0v) is 36.4. The Morgan fingerprint density at radius 2 is 0.889 bits per heavy atom. The van der Waals surface area contributed by atoms with Crippen LogP contribution in [-0.2, 0) is 14.3 Å². The van der Waals surface area contributed by atoms with Gasteiger partial charge in [0.1, 0.15) is 6.10 Å². The van der Waals surface area contributed by atoms with Crippen molar-refractivity contribution in [2.24, 2.45) is 0 Å². The van der Waals surface area contributed by atoms with E-state index in [1.165, 1.54) is 161 Å². The van der Waals surface area contributed by atoms with Gasteiger partial charge in [-0.15, -0.1) is 0 Å². The largest absolute Gasteiger partial charge is 0.462 e. The molecule has 0 aromatic heterocycles. The lowest BCUT2D eigenvalue weighted by atomic mass is 10.0. The Labute approximate surface area is 336 Å². The maximum atomic E-state index is 13.1. The highest BCUT2D eigenvalue weighted by atomic mass is 16.5. The van der Waals surface area contributed by atoms with Crippen molar-refractivity contribution in [2.75, 3.05) is 6.61 Å². The fourth-order valence-corrected chi connectivity index (χ4v) is 7.43. The molecule has 0 aliphatic rings. The first kappa shape index (κ1) is 52.6. The number of amides is 1. The highest BCUT2D eigenvalue weighted by Crippen LogP contribution is 2.18. The Hall–Kier alpha value is -1.40. The van der Waals surface area contributed by atoms with Gasteiger partial charge in [-0.3, -0.25) is 9.59 Å². The topological polar surface area (TPSA) is 95.9 Å². The van der Waals surface area contributed by atoms with Crippen LogP contribution in [0.4, 0.5) is 0 Å². The summed E-state index contributed by atoms with van der Waals surface area (Å²) in [6.07, 6.45) is 45.5. The van der Waals surface area contributed by atoms with E-state index in [1.807, 2.05) is 0 Å². The minimum atomic E-state index is -0.781. The second kappa shape index (κ2) is 42.7. The van der Waals surface area contributed by atoms with Gasteiger partial charge < -0.3 is 20.3 Å². The fourth-order valence-electron chi connectivity index (χ4n) is 7.43. The summed E-state index contributed by atoms with van der Waals surface area (Å²) in [7, 11) is 0. The van der Waals surface area contributed by atoms with Crippen molar-refractivity contribution < 1.29 is 24.5 Å². The van der Waals surface area contributed by atoms with Gasteiger partial charge in [0.2, 0.25) is 5.91 Å². The van der Waals surface area contributed by atoms with Crippen molar-refractivity contribution >= 4 is 11.9 Å². The molecule has 0 saturated carbocycles. The van der Waals surface area contributed by atoms with Gasteiger partial charge in [0.25, 0.3) is 0 Å². The number of aliphatic hydroxyl groups excluding tert-OH is 2. The number of carbonyl (C=O) groups excluding carboxylic acids is 2. The van der Waals surface area contributed by atoms with E-state index in [-0.39, 0.29) is 24.9 Å². The molecule has 0 fully saturated rings. The Balaban J connectivity index is 4.54. The molecule has 0 aromatic carbocycles. The highest BCUT2D eigenvalue weighted by Gasteiger charge is 2.24. The Morgan fingerprint density at radius 1 is 0.519 bits per heavy atom. The molecule has 0 spiro atoms. The van der Waals surface area contributed by atoms with Crippen molar-refractivity contribution in [1.82, 2.24) is 5.32 Å². The Bertz CT molecular complexity index is 817. The Morgan fingerprint density at radius 3 is 1.35 bits per heavy atom. The number of ether oxygens (including phenoxy) is 1. The summed E-state index contributed by atoms with van der Waals surface area (Å²) < 4.78 is 5.90. The summed E-state index contributed by atoms with van der Waals surface area (Å²) in [6.45, 7) is 6.46. The van der Waals surface area contributed by atoms with Gasteiger partial charge in [-0.2, -0.15) is 0 Å². The van der Waals surface area contributed by atoms with Crippen molar-refractivity contribution in [3.63, 3.8) is 0 Å². The molecule has 3 atom stereocenters. The summed E-state index contributed by atoms with van der Waals surface area (Å²) in [5, 5.41) is 23.7. The summed E-state index contributed by atoms with van der Waals surface area (Å²) >= 11 is 0. The molecule has 0 aliphatic carbocycles. The standard InChI is InChI=1S/C48H93NO5/c1-4-7-10-13-16-19-22-25-28-31-34-37-40-46(51)45(43-50)49-47(52)42-44(39-36-33-30-27-24-21-18-15-12-9-6-3)54-48(53)41-38-35-32-29-26-23-20-17-14-11-8-5-2/h17,20,44-46,50-51H,4-16,18-19,21-43H2,1-3H3,(H,49,52)/b20-17-. The minimum absolute atomic E-state index is 0.0806. The SMILES string of the molecule is CCCCC/C=C\CCCCCCCC(=O)OC(CCCCCCCCCCCCC)CC(=O)NC(CO)C(O)CCCCCCCCCCCCCC. The van der Waals surface area contributed by atoms with Gasteiger partial charge in [-0.1, -0.05) is 206 Å². The quantitative estimate of drug-likeness (QED) is 0.0326. The third-order valence-electron chi connectivity index (χ3n) is 11.1. The molecule has 3 unspecified atom stereocenters. The molecule has 6 heteroatoms. The van der Waals surface area contributed by atoms with Crippen LogP contribution in [0.5, 0.6) is 0 Å². The normalized spacial score (nSPS) is 13.4. The van der Waals surface area contributed by atoms with E-state index in [4.69, 9.17) is 4.74 Å². The maximum absolute atomic E-state index is 13.1. The van der Waals surface area contributed by atoms with Gasteiger partial charge in [0.05, 0.1) is 25.2 Å². The predicted molar refractivity (Wildman–Crippen MR) is 232 cm³/mol. The summed E-state index contributed by atoms with van der Waals surface area (Å²) in [6, 6.07) is -0.694. The summed E-state index contributed by atoms with van der Waals surface area (Å²) in [5.41, 5.74) is 0. The third kappa shape index (κ3) is 37.5. The van der Waals surface area contributed by atoms with Gasteiger partial charge in [0.15, 0.2) is 0 Å². The van der Waals surface area contributed by atoms with E-state index in [9.17, 15) is 19.8 Å². The molecule has 0 aliphatic heterocycles. The molecule has 0 bridgehead atoms. The van der Waals surface area contributed by atoms with E-state index >= 15 is 0 Å². The first-order valence-electron chi connectivity index (χ1n) is 23.9. The Kier molecular flexibility index (Phi) is 41.6. The van der Waals surface area contributed by atoms with Crippen molar-refractivity contribution in [1.29, 1.82) is 0 Å². The molecule has 0 heterocycles. The van der Waals surface area contributed by atoms with E-state index < -0.39 is 18.2 Å². The number of carbonyl (C=O) groups is 2. The zero-order valence-electron chi connectivity index (χ0n) is 36.4. The monoisotopic (exact) mass is 764 g/mol. The smallest absolute Gasteiger partial charge is 0.306 e. The lowest BCUT2D eigenvalue weighted by molar-refractivity contribution is -0.151. The minimum Gasteiger partial charge on any atom is -0.462 e. The zero-order chi connectivity index (χ0) is 39.6. The van der Waals surface area contributed by atoms with E-state index in [1.54, 1.807) is 0 Å². The van der Waals surface area contributed by atoms with Crippen LogP contribution in [0, 0.1) is 0 Å². The first-order valence-corrected chi connectivity index (χ1v) is 23.9. The predicted octanol–water partition coefficient (Wildman–Crippen LogP) is 13.8. The lowest BCUT2D eigenvalue weighted by Crippen LogP contribution is -2.46. The average molecular weight is 764 g/mol. The number of allylic oxidation sites excluding steroid dienone is 2. The van der Waals surface area contributed by atoms with Crippen LogP contribution in [-0.4, -0.2) is 46.9 Å². The van der Waals surface area contributed by atoms with Crippen molar-refractivity contribution in [3.05, 3.63) is 12.2 Å². The molecular formula is C48H93NO5. The molecule has 1 amide bonds. The van der Waals surface area contributed by atoms with Crippen LogP contribution in [0.25, 0.3) is 0 Å². The van der Waals surface area contributed by atoms with Crippen LogP contribution in [0.3, 0.4) is 0 Å². The number of nitrogens with one attached hydrogen (secondary N) is 1. The van der Waals surface area contributed by atoms with Gasteiger partial charge in [-0.05, 0) is 51.4 Å². The molecule has 0 aromatic rings. The second-order valence-electron chi connectivity index (χ2n) is 16.5. The van der Waals surface area contributed by atoms with Gasteiger partial charge >= 0.3 is 5.97 Å². The summed E-state index contributed by atoms with van der Waals surface area (Å²) in [4.78, 5) is 26.0. The van der Waals surface area contributed by atoms with Crippen LogP contribution in [0.1, 0.15) is 258 Å². The highest BCUT2D eigenvalue weighted by molar-refractivity contribution is 5.77. The number of hydrogen-bond acceptors (Lipinski definition) is 5. The van der Waals surface area contributed by atoms with E-state index in [2.05, 4.69) is 38.2 Å².